The summed E-state index contributed by atoms with van der Waals surface area (Å²) >= 11 is 0. The van der Waals surface area contributed by atoms with Gasteiger partial charge >= 0.3 is 0 Å². The van der Waals surface area contributed by atoms with E-state index in [4.69, 9.17) is 9.84 Å². The van der Waals surface area contributed by atoms with Gasteiger partial charge in [-0.15, -0.1) is 0 Å². The normalized spacial score (nSPS) is 11.0. The van der Waals surface area contributed by atoms with E-state index in [0.29, 0.717) is 23.6 Å². The number of carbonyl (C=O) groups is 1. The van der Waals surface area contributed by atoms with Crippen molar-refractivity contribution in [3.63, 3.8) is 0 Å². The Kier molecular flexibility index (Phi) is 7.61. The summed E-state index contributed by atoms with van der Waals surface area (Å²) in [5.74, 6) is 0.252. The number of ether oxygens (including phenoxy) is 1. The quantitative estimate of drug-likeness (QED) is 0.181. The summed E-state index contributed by atoms with van der Waals surface area (Å²) in [4.78, 5) is 12.9. The maximum absolute atomic E-state index is 12.9. The van der Waals surface area contributed by atoms with Gasteiger partial charge in [0.15, 0.2) is 0 Å². The average Bonchev–Trinajstić information content (AvgIpc) is 3.41. The van der Waals surface area contributed by atoms with Gasteiger partial charge in [0.1, 0.15) is 24.0 Å². The molecule has 0 fully saturated rings. The number of nitrogens with one attached hydrogen (secondary N) is 1. The van der Waals surface area contributed by atoms with Crippen molar-refractivity contribution < 1.29 is 9.53 Å². The molecule has 190 valence electrons. The van der Waals surface area contributed by atoms with Crippen molar-refractivity contribution in [2.24, 2.45) is 0 Å². The molecule has 0 unspecified atom stereocenters. The van der Waals surface area contributed by atoms with Crippen molar-refractivity contribution >= 4 is 17.7 Å². The van der Waals surface area contributed by atoms with Crippen LogP contribution in [0.3, 0.4) is 0 Å². The zero-order valence-corrected chi connectivity index (χ0v) is 21.4. The molecule has 1 N–H and O–H groups in total. The van der Waals surface area contributed by atoms with Crippen molar-refractivity contribution in [3.05, 3.63) is 138 Å². The van der Waals surface area contributed by atoms with Gasteiger partial charge in [0.25, 0.3) is 5.91 Å². The van der Waals surface area contributed by atoms with E-state index in [9.17, 15) is 10.1 Å². The van der Waals surface area contributed by atoms with Crippen LogP contribution in [0.1, 0.15) is 16.7 Å². The van der Waals surface area contributed by atoms with E-state index in [1.54, 1.807) is 10.8 Å². The Hall–Kier alpha value is -5.41. The van der Waals surface area contributed by atoms with Crippen molar-refractivity contribution in [2.45, 2.75) is 13.5 Å². The molecule has 0 radical (unpaired) electrons. The summed E-state index contributed by atoms with van der Waals surface area (Å²) < 4.78 is 7.68. The van der Waals surface area contributed by atoms with Crippen LogP contribution in [0.15, 0.2) is 121 Å². The van der Waals surface area contributed by atoms with Crippen LogP contribution in [0.4, 0.5) is 5.69 Å². The van der Waals surface area contributed by atoms with Crippen LogP contribution < -0.4 is 10.1 Å². The Morgan fingerprint density at radius 2 is 1.59 bits per heavy atom. The van der Waals surface area contributed by atoms with Crippen LogP contribution in [-0.4, -0.2) is 15.7 Å². The highest BCUT2D eigenvalue weighted by Crippen LogP contribution is 2.28. The number of aromatic nitrogens is 2. The highest BCUT2D eigenvalue weighted by molar-refractivity contribution is 6.10. The van der Waals surface area contributed by atoms with Gasteiger partial charge in [-0.25, -0.2) is 4.68 Å². The molecule has 0 saturated heterocycles. The summed E-state index contributed by atoms with van der Waals surface area (Å²) in [6.07, 6.45) is 3.39. The maximum Gasteiger partial charge on any atom is 0.266 e. The lowest BCUT2D eigenvalue weighted by Gasteiger charge is -2.07. The fourth-order valence-electron chi connectivity index (χ4n) is 4.02. The first-order chi connectivity index (χ1) is 19.1. The van der Waals surface area contributed by atoms with E-state index in [1.165, 1.54) is 0 Å². The lowest BCUT2D eigenvalue weighted by atomic mass is 10.1. The van der Waals surface area contributed by atoms with Gasteiger partial charge in [-0.1, -0.05) is 66.2 Å². The number of rotatable bonds is 8. The minimum absolute atomic E-state index is 0.0211. The summed E-state index contributed by atoms with van der Waals surface area (Å²) in [5.41, 5.74) is 5.76. The molecule has 1 heterocycles. The van der Waals surface area contributed by atoms with Crippen LogP contribution in [0.25, 0.3) is 23.0 Å². The molecular formula is C33H26N4O2. The fourth-order valence-corrected chi connectivity index (χ4v) is 4.02. The molecule has 0 aliphatic heterocycles. The number of anilines is 1. The molecule has 1 aromatic heterocycles. The van der Waals surface area contributed by atoms with Crippen molar-refractivity contribution in [2.75, 3.05) is 5.32 Å². The first-order valence-electron chi connectivity index (χ1n) is 12.5. The van der Waals surface area contributed by atoms with Crippen LogP contribution in [-0.2, 0) is 11.4 Å². The van der Waals surface area contributed by atoms with E-state index in [1.807, 2.05) is 128 Å². The van der Waals surface area contributed by atoms with E-state index < -0.39 is 5.91 Å². The molecule has 0 aliphatic carbocycles. The highest BCUT2D eigenvalue weighted by Gasteiger charge is 2.16. The standard InChI is InChI=1S/C33H26N4O2/c1-24-12-16-29(17-13-24)35-33(38)27(21-34)20-28-22-37(30-10-6-3-7-11-30)36-32(28)26-14-18-31(19-15-26)39-23-25-8-4-2-5-9-25/h2-20,22H,23H2,1H3,(H,35,38). The second kappa shape index (κ2) is 11.8. The van der Waals surface area contributed by atoms with E-state index in [0.717, 1.165) is 28.1 Å². The second-order valence-electron chi connectivity index (χ2n) is 9.00. The molecule has 0 saturated carbocycles. The summed E-state index contributed by atoms with van der Waals surface area (Å²) in [6, 6.07) is 36.8. The van der Waals surface area contributed by atoms with Crippen LogP contribution >= 0.6 is 0 Å². The van der Waals surface area contributed by atoms with Gasteiger partial charge in [-0.3, -0.25) is 4.79 Å². The number of carbonyl (C=O) groups excluding carboxylic acids is 1. The molecule has 5 rings (SSSR count). The van der Waals surface area contributed by atoms with E-state index in [-0.39, 0.29) is 5.57 Å². The molecule has 0 spiro atoms. The SMILES string of the molecule is Cc1ccc(NC(=O)C(C#N)=Cc2cn(-c3ccccc3)nc2-c2ccc(OCc3ccccc3)cc2)cc1. The number of hydrogen-bond acceptors (Lipinski definition) is 4. The predicted molar refractivity (Wildman–Crippen MR) is 153 cm³/mol. The average molecular weight is 511 g/mol. The molecule has 1 amide bonds. The molecule has 6 nitrogen and oxygen atoms in total. The minimum Gasteiger partial charge on any atom is -0.489 e. The molecule has 6 heteroatoms. The second-order valence-corrected chi connectivity index (χ2v) is 9.00. The Morgan fingerprint density at radius 3 is 2.26 bits per heavy atom. The van der Waals surface area contributed by atoms with Gasteiger partial charge < -0.3 is 10.1 Å². The summed E-state index contributed by atoms with van der Waals surface area (Å²) in [5, 5.41) is 17.4. The van der Waals surface area contributed by atoms with Crippen molar-refractivity contribution in [3.8, 4) is 28.8 Å². The molecule has 0 atom stereocenters. The van der Waals surface area contributed by atoms with Crippen molar-refractivity contribution in [1.29, 1.82) is 5.26 Å². The minimum atomic E-state index is -0.482. The molecule has 5 aromatic rings. The monoisotopic (exact) mass is 510 g/mol. The first-order valence-corrected chi connectivity index (χ1v) is 12.5. The van der Waals surface area contributed by atoms with Gasteiger partial charge in [0.05, 0.1) is 11.4 Å². The van der Waals surface area contributed by atoms with Gasteiger partial charge in [0, 0.05) is 23.0 Å². The number of benzene rings is 4. The van der Waals surface area contributed by atoms with Gasteiger partial charge in [-0.2, -0.15) is 10.4 Å². The number of aryl methyl sites for hydroxylation is 1. The van der Waals surface area contributed by atoms with Crippen LogP contribution in [0, 0.1) is 18.3 Å². The third-order valence-electron chi connectivity index (χ3n) is 6.11. The smallest absolute Gasteiger partial charge is 0.266 e. The third kappa shape index (κ3) is 6.30. The Balaban J connectivity index is 1.44. The van der Waals surface area contributed by atoms with Gasteiger partial charge in [0.2, 0.25) is 0 Å². The first kappa shape index (κ1) is 25.2. The Bertz CT molecular complexity index is 1630. The molecular weight excluding hydrogens is 484 g/mol. The zero-order valence-electron chi connectivity index (χ0n) is 21.4. The maximum atomic E-state index is 12.9. The number of hydrogen-bond donors (Lipinski definition) is 1. The van der Waals surface area contributed by atoms with E-state index in [2.05, 4.69) is 5.32 Å². The van der Waals surface area contributed by atoms with Crippen LogP contribution in [0.5, 0.6) is 5.75 Å². The number of nitrogens with zero attached hydrogens (tertiary/aromatic N) is 3. The molecule has 0 bridgehead atoms. The number of nitriles is 1. The predicted octanol–water partition coefficient (Wildman–Crippen LogP) is 6.97. The zero-order chi connectivity index (χ0) is 27.0. The largest absolute Gasteiger partial charge is 0.489 e. The third-order valence-corrected chi connectivity index (χ3v) is 6.11. The Labute approximate surface area is 227 Å². The lowest BCUT2D eigenvalue weighted by molar-refractivity contribution is -0.112. The summed E-state index contributed by atoms with van der Waals surface area (Å²) in [6.45, 7) is 2.44. The Morgan fingerprint density at radius 1 is 0.923 bits per heavy atom. The lowest BCUT2D eigenvalue weighted by Crippen LogP contribution is -2.13. The molecule has 39 heavy (non-hydrogen) atoms. The summed E-state index contributed by atoms with van der Waals surface area (Å²) in [7, 11) is 0. The number of para-hydroxylation sites is 1. The van der Waals surface area contributed by atoms with E-state index >= 15 is 0 Å². The molecule has 0 aliphatic rings. The fraction of sp³-hybridized carbons (Fsp3) is 0.0606. The van der Waals surface area contributed by atoms with Gasteiger partial charge in [-0.05, 0) is 67.1 Å². The highest BCUT2D eigenvalue weighted by atomic mass is 16.5. The van der Waals surface area contributed by atoms with Crippen LogP contribution in [0.2, 0.25) is 0 Å². The topological polar surface area (TPSA) is 79.9 Å². The number of amides is 1. The van der Waals surface area contributed by atoms with Crippen molar-refractivity contribution in [1.82, 2.24) is 9.78 Å². The molecule has 4 aromatic carbocycles.